The first-order valence-corrected chi connectivity index (χ1v) is 11.7. The number of alkyl halides is 1. The van der Waals surface area contributed by atoms with E-state index in [1.165, 1.54) is 10.5 Å². The van der Waals surface area contributed by atoms with Gasteiger partial charge >= 0.3 is 0 Å². The molecule has 2 aromatic carbocycles. The number of nitrogens with zero attached hydrogens (tertiary/aromatic N) is 3. The van der Waals surface area contributed by atoms with Crippen molar-refractivity contribution >= 4 is 11.8 Å². The summed E-state index contributed by atoms with van der Waals surface area (Å²) in [5.41, 5.74) is 3.80. The van der Waals surface area contributed by atoms with Crippen molar-refractivity contribution in [2.45, 2.75) is 50.9 Å². The minimum Gasteiger partial charge on any atom is -0.343 e. The summed E-state index contributed by atoms with van der Waals surface area (Å²) in [5, 5.41) is 7.18. The fourth-order valence-electron chi connectivity index (χ4n) is 4.46. The number of aryl methyl sites for hydroxylation is 1. The van der Waals surface area contributed by atoms with Crippen molar-refractivity contribution < 1.29 is 14.0 Å². The highest BCUT2D eigenvalue weighted by Gasteiger charge is 2.40. The van der Waals surface area contributed by atoms with Crippen LogP contribution in [0.25, 0.3) is 0 Å². The zero-order chi connectivity index (χ0) is 24.2. The monoisotopic (exact) mass is 462 g/mol. The third-order valence-corrected chi connectivity index (χ3v) is 6.48. The average molecular weight is 463 g/mol. The zero-order valence-corrected chi connectivity index (χ0v) is 19.8. The molecule has 6 nitrogen and oxygen atoms in total. The van der Waals surface area contributed by atoms with Crippen molar-refractivity contribution in [3.63, 3.8) is 0 Å². The van der Waals surface area contributed by atoms with Crippen LogP contribution in [-0.2, 0) is 23.1 Å². The third kappa shape index (κ3) is 5.19. The smallest absolute Gasteiger partial charge is 0.243 e. The lowest BCUT2D eigenvalue weighted by Gasteiger charge is -2.27. The normalized spacial score (nSPS) is 18.8. The van der Waals surface area contributed by atoms with Crippen LogP contribution in [0.4, 0.5) is 4.39 Å². The van der Waals surface area contributed by atoms with Crippen LogP contribution in [0.5, 0.6) is 0 Å². The van der Waals surface area contributed by atoms with Gasteiger partial charge in [-0.05, 0) is 28.7 Å². The second-order valence-electron chi connectivity index (χ2n) is 9.19. The van der Waals surface area contributed by atoms with E-state index in [1.54, 1.807) is 24.0 Å². The largest absolute Gasteiger partial charge is 0.343 e. The van der Waals surface area contributed by atoms with Gasteiger partial charge in [-0.25, -0.2) is 4.39 Å². The van der Waals surface area contributed by atoms with Crippen LogP contribution in [0, 0.1) is 0 Å². The number of halogens is 1. The van der Waals surface area contributed by atoms with Gasteiger partial charge in [-0.1, -0.05) is 68.4 Å². The molecule has 1 aliphatic heterocycles. The van der Waals surface area contributed by atoms with Gasteiger partial charge in [-0.2, -0.15) is 5.10 Å². The Hall–Kier alpha value is -3.48. The number of hydrogen-bond donors (Lipinski definition) is 1. The van der Waals surface area contributed by atoms with Gasteiger partial charge < -0.3 is 10.2 Å². The summed E-state index contributed by atoms with van der Waals surface area (Å²) >= 11 is 0. The minimum absolute atomic E-state index is 0.00322. The van der Waals surface area contributed by atoms with Crippen molar-refractivity contribution in [1.82, 2.24) is 20.0 Å². The summed E-state index contributed by atoms with van der Waals surface area (Å²) < 4.78 is 16.0. The first-order valence-electron chi connectivity index (χ1n) is 11.7. The van der Waals surface area contributed by atoms with E-state index in [0.29, 0.717) is 5.92 Å². The maximum atomic E-state index is 14.4. The number of carbonyl (C=O) groups excluding carboxylic acids is 2. The molecule has 0 radical (unpaired) electrons. The molecule has 2 amide bonds. The molecule has 1 saturated heterocycles. The quantitative estimate of drug-likeness (QED) is 0.579. The lowest BCUT2D eigenvalue weighted by Crippen LogP contribution is -2.47. The van der Waals surface area contributed by atoms with Crippen LogP contribution in [0.2, 0.25) is 0 Å². The first kappa shape index (κ1) is 23.7. The molecule has 0 bridgehead atoms. The molecule has 1 aromatic heterocycles. The van der Waals surface area contributed by atoms with Crippen molar-refractivity contribution in [3.05, 3.63) is 89.2 Å². The SMILES string of the molecule is CC(C)c1ccc(C(NC(=O)C2CC(F)CN2C(=O)Cc2ccnn2C)c2ccccc2)cc1. The van der Waals surface area contributed by atoms with E-state index in [1.807, 2.05) is 42.5 Å². The Kier molecular flexibility index (Phi) is 7.10. The highest BCUT2D eigenvalue weighted by Crippen LogP contribution is 2.27. The summed E-state index contributed by atoms with van der Waals surface area (Å²) in [5.74, 6) is -0.223. The van der Waals surface area contributed by atoms with Gasteiger partial charge in [0.25, 0.3) is 0 Å². The van der Waals surface area contributed by atoms with E-state index in [0.717, 1.165) is 16.8 Å². The van der Waals surface area contributed by atoms with Crippen LogP contribution in [0.1, 0.15) is 54.6 Å². The molecule has 0 aliphatic carbocycles. The number of hydrogen-bond acceptors (Lipinski definition) is 3. The Morgan fingerprint density at radius 1 is 1.03 bits per heavy atom. The Labute approximate surface area is 199 Å². The third-order valence-electron chi connectivity index (χ3n) is 6.48. The van der Waals surface area contributed by atoms with Crippen LogP contribution in [0.15, 0.2) is 66.9 Å². The van der Waals surface area contributed by atoms with E-state index in [4.69, 9.17) is 0 Å². The molecule has 1 aliphatic rings. The lowest BCUT2D eigenvalue weighted by atomic mass is 9.95. The summed E-state index contributed by atoms with van der Waals surface area (Å²) in [6.07, 6.45) is 0.457. The fraction of sp³-hybridized carbons (Fsp3) is 0.370. The molecular weight excluding hydrogens is 431 g/mol. The van der Waals surface area contributed by atoms with E-state index >= 15 is 0 Å². The Balaban J connectivity index is 1.56. The molecular formula is C27H31FN4O2. The van der Waals surface area contributed by atoms with Gasteiger partial charge in [0.1, 0.15) is 12.2 Å². The highest BCUT2D eigenvalue weighted by molar-refractivity contribution is 5.89. The molecule has 1 N–H and O–H groups in total. The van der Waals surface area contributed by atoms with E-state index in [2.05, 4.69) is 36.4 Å². The van der Waals surface area contributed by atoms with Crippen molar-refractivity contribution in [2.24, 2.45) is 7.05 Å². The first-order chi connectivity index (χ1) is 16.3. The molecule has 2 heterocycles. The number of nitrogens with one attached hydrogen (secondary N) is 1. The molecule has 1 fully saturated rings. The van der Waals surface area contributed by atoms with E-state index < -0.39 is 18.3 Å². The van der Waals surface area contributed by atoms with Gasteiger partial charge in [-0.3, -0.25) is 14.3 Å². The number of aromatic nitrogens is 2. The second-order valence-corrected chi connectivity index (χ2v) is 9.19. The highest BCUT2D eigenvalue weighted by atomic mass is 19.1. The molecule has 0 saturated carbocycles. The van der Waals surface area contributed by atoms with E-state index in [9.17, 15) is 14.0 Å². The Morgan fingerprint density at radius 2 is 1.68 bits per heavy atom. The zero-order valence-electron chi connectivity index (χ0n) is 19.8. The van der Waals surface area contributed by atoms with Gasteiger partial charge in [0.15, 0.2) is 0 Å². The fourth-order valence-corrected chi connectivity index (χ4v) is 4.46. The predicted octanol–water partition coefficient (Wildman–Crippen LogP) is 3.93. The minimum atomic E-state index is -1.23. The second kappa shape index (κ2) is 10.2. The van der Waals surface area contributed by atoms with Crippen LogP contribution in [-0.4, -0.2) is 45.3 Å². The number of carbonyl (C=O) groups is 2. The topological polar surface area (TPSA) is 67.2 Å². The number of amides is 2. The van der Waals surface area contributed by atoms with Crippen LogP contribution < -0.4 is 5.32 Å². The van der Waals surface area contributed by atoms with Gasteiger partial charge in [0.05, 0.1) is 19.0 Å². The molecule has 4 rings (SSSR count). The molecule has 7 heteroatoms. The molecule has 178 valence electrons. The Morgan fingerprint density at radius 3 is 2.29 bits per heavy atom. The van der Waals surface area contributed by atoms with Gasteiger partial charge in [0.2, 0.25) is 11.8 Å². The lowest BCUT2D eigenvalue weighted by molar-refractivity contribution is -0.138. The number of rotatable bonds is 7. The molecule has 0 spiro atoms. The predicted molar refractivity (Wildman–Crippen MR) is 129 cm³/mol. The Bertz CT molecular complexity index is 1130. The molecule has 3 atom stereocenters. The molecule has 3 unspecified atom stereocenters. The summed E-state index contributed by atoms with van der Waals surface area (Å²) in [6, 6.07) is 18.4. The summed E-state index contributed by atoms with van der Waals surface area (Å²) in [7, 11) is 1.75. The summed E-state index contributed by atoms with van der Waals surface area (Å²) in [4.78, 5) is 27.8. The van der Waals surface area contributed by atoms with Crippen molar-refractivity contribution in [3.8, 4) is 0 Å². The molecule has 34 heavy (non-hydrogen) atoms. The van der Waals surface area contributed by atoms with Crippen molar-refractivity contribution in [1.29, 1.82) is 0 Å². The maximum absolute atomic E-state index is 14.4. The van der Waals surface area contributed by atoms with Crippen LogP contribution >= 0.6 is 0 Å². The number of likely N-dealkylation sites (tertiary alicyclic amines) is 1. The maximum Gasteiger partial charge on any atom is 0.243 e. The molecule has 3 aromatic rings. The van der Waals surface area contributed by atoms with Gasteiger partial charge in [-0.15, -0.1) is 0 Å². The average Bonchev–Trinajstić information content (AvgIpc) is 3.43. The van der Waals surface area contributed by atoms with Crippen molar-refractivity contribution in [2.75, 3.05) is 6.54 Å². The number of benzene rings is 2. The standard InChI is InChI=1S/C27H31FN4O2/c1-18(2)19-9-11-21(12-10-19)26(20-7-5-4-6-8-20)30-27(34)24-15-22(28)17-32(24)25(33)16-23-13-14-29-31(23)3/h4-14,18,22,24,26H,15-17H2,1-3H3,(H,30,34). The van der Waals surface area contributed by atoms with E-state index in [-0.39, 0.29) is 31.2 Å². The summed E-state index contributed by atoms with van der Waals surface area (Å²) in [6.45, 7) is 4.19. The van der Waals surface area contributed by atoms with Crippen LogP contribution in [0.3, 0.4) is 0 Å². The van der Waals surface area contributed by atoms with Gasteiger partial charge in [0, 0.05) is 25.4 Å².